The summed E-state index contributed by atoms with van der Waals surface area (Å²) in [7, 11) is 0. The van der Waals surface area contributed by atoms with Crippen LogP contribution in [0.3, 0.4) is 0 Å². The molecule has 0 aliphatic rings. The minimum absolute atomic E-state index is 0.290. The van der Waals surface area contributed by atoms with E-state index in [0.29, 0.717) is 6.42 Å². The van der Waals surface area contributed by atoms with E-state index in [-0.39, 0.29) is 11.5 Å². The monoisotopic (exact) mass is 194 g/mol. The van der Waals surface area contributed by atoms with Crippen molar-refractivity contribution in [3.63, 3.8) is 0 Å². The van der Waals surface area contributed by atoms with Gasteiger partial charge in [-0.3, -0.25) is 0 Å². The fourth-order valence-electron chi connectivity index (χ4n) is 1.16. The van der Waals surface area contributed by atoms with Gasteiger partial charge in [0.1, 0.15) is 0 Å². The second-order valence-corrected chi connectivity index (χ2v) is 3.44. The molecule has 0 aliphatic carbocycles. The second kappa shape index (κ2) is 4.05. The van der Waals surface area contributed by atoms with E-state index in [0.717, 1.165) is 17.6 Å². The maximum Gasteiger partial charge on any atom is 0.200 e. The quantitative estimate of drug-likeness (QED) is 0.511. The van der Waals surface area contributed by atoms with E-state index in [4.69, 9.17) is 5.11 Å². The molecule has 3 N–H and O–H groups in total. The number of phenolic OH excluding ortho intramolecular Hbond substituents is 3. The average Bonchev–Trinajstić information content (AvgIpc) is 2.10. The van der Waals surface area contributed by atoms with Gasteiger partial charge in [0.25, 0.3) is 0 Å². The van der Waals surface area contributed by atoms with E-state index in [1.165, 1.54) is 12.1 Å². The molecule has 0 unspecified atom stereocenters. The summed E-state index contributed by atoms with van der Waals surface area (Å²) in [5, 5.41) is 27.5. The predicted molar refractivity (Wildman–Crippen MR) is 54.6 cm³/mol. The molecule has 0 aliphatic heterocycles. The van der Waals surface area contributed by atoms with Crippen LogP contribution >= 0.6 is 0 Å². The van der Waals surface area contributed by atoms with Crippen molar-refractivity contribution in [1.82, 2.24) is 0 Å². The van der Waals surface area contributed by atoms with Crippen molar-refractivity contribution in [2.24, 2.45) is 0 Å². The lowest BCUT2D eigenvalue weighted by Gasteiger charge is -2.05. The third-order valence-corrected chi connectivity index (χ3v) is 1.97. The Labute approximate surface area is 82.9 Å². The second-order valence-electron chi connectivity index (χ2n) is 3.44. The van der Waals surface area contributed by atoms with E-state index in [1.54, 1.807) is 0 Å². The number of rotatable bonds is 3. The predicted octanol–water partition coefficient (Wildman–Crippen LogP) is 2.31. The van der Waals surface area contributed by atoms with Crippen LogP contribution in [0.15, 0.2) is 24.3 Å². The Morgan fingerprint density at radius 1 is 1.21 bits per heavy atom. The number of benzene rings is 1. The molecular weight excluding hydrogens is 180 g/mol. The van der Waals surface area contributed by atoms with Gasteiger partial charge in [0.05, 0.1) is 0 Å². The van der Waals surface area contributed by atoms with Crippen molar-refractivity contribution in [3.8, 4) is 17.2 Å². The summed E-state index contributed by atoms with van der Waals surface area (Å²) in [6.45, 7) is 5.68. The normalized spacial score (nSPS) is 10.1. The molecule has 0 bridgehead atoms. The van der Waals surface area contributed by atoms with Crippen LogP contribution in [0.5, 0.6) is 17.2 Å². The molecule has 1 aromatic rings. The van der Waals surface area contributed by atoms with Gasteiger partial charge in [-0.25, -0.2) is 0 Å². The van der Waals surface area contributed by atoms with Crippen molar-refractivity contribution in [1.29, 1.82) is 0 Å². The number of aromatic hydroxyl groups is 3. The van der Waals surface area contributed by atoms with Crippen LogP contribution in [-0.2, 0) is 6.42 Å². The zero-order chi connectivity index (χ0) is 10.7. The van der Waals surface area contributed by atoms with E-state index < -0.39 is 5.75 Å². The van der Waals surface area contributed by atoms with Crippen LogP contribution in [0.2, 0.25) is 0 Å². The molecule has 0 radical (unpaired) electrons. The highest BCUT2D eigenvalue weighted by Gasteiger charge is 2.07. The first kappa shape index (κ1) is 10.4. The van der Waals surface area contributed by atoms with Gasteiger partial charge in [-0.1, -0.05) is 5.57 Å². The van der Waals surface area contributed by atoms with Crippen molar-refractivity contribution in [3.05, 3.63) is 29.8 Å². The van der Waals surface area contributed by atoms with E-state index in [9.17, 15) is 10.2 Å². The highest BCUT2D eigenvalue weighted by atomic mass is 16.3. The van der Waals surface area contributed by atoms with Gasteiger partial charge in [-0.05, 0) is 37.5 Å². The zero-order valence-corrected chi connectivity index (χ0v) is 8.12. The number of phenols is 3. The lowest BCUT2D eigenvalue weighted by molar-refractivity contribution is 0.367. The molecule has 0 spiro atoms. The Morgan fingerprint density at radius 2 is 1.71 bits per heavy atom. The Bertz CT molecular complexity index is 333. The van der Waals surface area contributed by atoms with Crippen molar-refractivity contribution >= 4 is 0 Å². The van der Waals surface area contributed by atoms with Crippen LogP contribution in [0, 0.1) is 0 Å². The SMILES string of the molecule is C=C(C)CCc1cc(O)c(O)c(O)c1. The smallest absolute Gasteiger partial charge is 0.200 e. The maximum atomic E-state index is 9.21. The lowest BCUT2D eigenvalue weighted by atomic mass is 10.1. The van der Waals surface area contributed by atoms with Crippen LogP contribution in [0.1, 0.15) is 18.9 Å². The van der Waals surface area contributed by atoms with Crippen LogP contribution in [-0.4, -0.2) is 15.3 Å². The number of aryl methyl sites for hydroxylation is 1. The first-order valence-electron chi connectivity index (χ1n) is 4.39. The van der Waals surface area contributed by atoms with Crippen molar-refractivity contribution in [2.45, 2.75) is 19.8 Å². The summed E-state index contributed by atoms with van der Waals surface area (Å²) in [4.78, 5) is 0. The van der Waals surface area contributed by atoms with Crippen LogP contribution in [0.4, 0.5) is 0 Å². The topological polar surface area (TPSA) is 60.7 Å². The van der Waals surface area contributed by atoms with Gasteiger partial charge in [-0.2, -0.15) is 0 Å². The summed E-state index contributed by atoms with van der Waals surface area (Å²) in [6, 6.07) is 2.88. The largest absolute Gasteiger partial charge is 0.504 e. The Hall–Kier alpha value is -1.64. The molecule has 0 atom stereocenters. The third-order valence-electron chi connectivity index (χ3n) is 1.97. The van der Waals surface area contributed by atoms with Gasteiger partial charge < -0.3 is 15.3 Å². The minimum atomic E-state index is -0.468. The average molecular weight is 194 g/mol. The molecule has 0 saturated heterocycles. The molecular formula is C11H14O3. The molecule has 0 fully saturated rings. The lowest BCUT2D eigenvalue weighted by Crippen LogP contribution is -1.86. The first-order chi connectivity index (χ1) is 6.50. The number of hydrogen-bond donors (Lipinski definition) is 3. The molecule has 76 valence electrons. The first-order valence-corrected chi connectivity index (χ1v) is 4.39. The van der Waals surface area contributed by atoms with E-state index >= 15 is 0 Å². The third kappa shape index (κ3) is 2.42. The fraction of sp³-hybridized carbons (Fsp3) is 0.273. The zero-order valence-electron chi connectivity index (χ0n) is 8.12. The summed E-state index contributed by atoms with van der Waals surface area (Å²) < 4.78 is 0. The van der Waals surface area contributed by atoms with E-state index in [1.807, 2.05) is 6.92 Å². The molecule has 1 aromatic carbocycles. The highest BCUT2D eigenvalue weighted by molar-refractivity contribution is 5.51. The summed E-state index contributed by atoms with van der Waals surface area (Å²) in [5.74, 6) is -1.05. The fourth-order valence-corrected chi connectivity index (χ4v) is 1.16. The summed E-state index contributed by atoms with van der Waals surface area (Å²) in [5.41, 5.74) is 1.82. The molecule has 1 rings (SSSR count). The van der Waals surface area contributed by atoms with Crippen LogP contribution in [0.25, 0.3) is 0 Å². The summed E-state index contributed by atoms with van der Waals surface area (Å²) >= 11 is 0. The minimum Gasteiger partial charge on any atom is -0.504 e. The highest BCUT2D eigenvalue weighted by Crippen LogP contribution is 2.35. The number of allylic oxidation sites excluding steroid dienone is 1. The van der Waals surface area contributed by atoms with E-state index in [2.05, 4.69) is 6.58 Å². The van der Waals surface area contributed by atoms with Gasteiger partial charge in [-0.15, -0.1) is 6.58 Å². The van der Waals surface area contributed by atoms with Crippen LogP contribution < -0.4 is 0 Å². The molecule has 0 saturated carbocycles. The van der Waals surface area contributed by atoms with Gasteiger partial charge in [0.2, 0.25) is 0 Å². The molecule has 0 amide bonds. The Morgan fingerprint density at radius 3 is 2.14 bits per heavy atom. The van der Waals surface area contributed by atoms with Gasteiger partial charge in [0.15, 0.2) is 17.2 Å². The van der Waals surface area contributed by atoms with Crippen molar-refractivity contribution < 1.29 is 15.3 Å². The van der Waals surface area contributed by atoms with Gasteiger partial charge in [0, 0.05) is 0 Å². The molecule has 3 nitrogen and oxygen atoms in total. The van der Waals surface area contributed by atoms with Gasteiger partial charge >= 0.3 is 0 Å². The van der Waals surface area contributed by atoms with Crippen molar-refractivity contribution in [2.75, 3.05) is 0 Å². The Balaban J connectivity index is 2.84. The Kier molecular flexibility index (Phi) is 3.02. The molecule has 0 heterocycles. The molecule has 14 heavy (non-hydrogen) atoms. The number of hydrogen-bond acceptors (Lipinski definition) is 3. The maximum absolute atomic E-state index is 9.21. The molecule has 3 heteroatoms. The molecule has 0 aromatic heterocycles. The standard InChI is InChI=1S/C11H14O3/c1-7(2)3-4-8-5-9(12)11(14)10(13)6-8/h5-6,12-14H,1,3-4H2,2H3. The summed E-state index contributed by atoms with van der Waals surface area (Å²) in [6.07, 6.45) is 1.49.